The van der Waals surface area contributed by atoms with Gasteiger partial charge in [-0.2, -0.15) is 5.10 Å². The quantitative estimate of drug-likeness (QED) is 0.752. The zero-order chi connectivity index (χ0) is 15.9. The second-order valence-electron chi connectivity index (χ2n) is 5.24. The Kier molecular flexibility index (Phi) is 3.78. The van der Waals surface area contributed by atoms with E-state index >= 15 is 0 Å². The molecule has 0 atom stereocenters. The van der Waals surface area contributed by atoms with E-state index in [1.165, 1.54) is 6.07 Å². The summed E-state index contributed by atoms with van der Waals surface area (Å²) in [5, 5.41) is 18.5. The van der Waals surface area contributed by atoms with Crippen molar-refractivity contribution in [3.63, 3.8) is 0 Å². The van der Waals surface area contributed by atoms with Crippen LogP contribution < -0.4 is 5.32 Å². The molecule has 3 N–H and O–H groups in total. The molecule has 2 aromatic heterocycles. The Balaban J connectivity index is 1.67. The minimum atomic E-state index is -1.05. The van der Waals surface area contributed by atoms with Crippen molar-refractivity contribution < 1.29 is 19.1 Å². The van der Waals surface area contributed by atoms with E-state index in [9.17, 15) is 9.59 Å². The predicted octanol–water partition coefficient (Wildman–Crippen LogP) is 2.58. The average Bonchev–Trinajstić information content (AvgIpc) is 3.13. The van der Waals surface area contributed by atoms with Gasteiger partial charge in [-0.05, 0) is 41.8 Å². The lowest BCUT2D eigenvalue weighted by molar-refractivity contribution is 0.0694. The molecule has 3 rings (SSSR count). The number of aryl methyl sites for hydroxylation is 1. The zero-order valence-electron chi connectivity index (χ0n) is 11.8. The van der Waals surface area contributed by atoms with Crippen molar-refractivity contribution in [3.05, 3.63) is 39.0 Å². The number of carbonyl (C=O) groups excluding carboxylic acids is 1. The Morgan fingerprint density at radius 2 is 2.27 bits per heavy atom. The molecule has 7 nitrogen and oxygen atoms in total. The van der Waals surface area contributed by atoms with Crippen LogP contribution in [-0.4, -0.2) is 27.2 Å². The molecular weight excluding hydrogens is 354 g/mol. The van der Waals surface area contributed by atoms with Gasteiger partial charge in [-0.25, -0.2) is 4.79 Å². The molecule has 1 saturated carbocycles. The second-order valence-corrected chi connectivity index (χ2v) is 6.04. The number of aromatic amines is 1. The van der Waals surface area contributed by atoms with Crippen molar-refractivity contribution in [3.8, 4) is 0 Å². The highest BCUT2D eigenvalue weighted by atomic mass is 79.9. The third kappa shape index (κ3) is 2.78. The Labute approximate surface area is 134 Å². The topological polar surface area (TPSA) is 108 Å². The molecule has 0 saturated heterocycles. The minimum Gasteiger partial charge on any atom is -0.478 e. The van der Waals surface area contributed by atoms with Gasteiger partial charge in [0.2, 0.25) is 0 Å². The lowest BCUT2D eigenvalue weighted by atomic mass is 10.2. The second kappa shape index (κ2) is 5.60. The monoisotopic (exact) mass is 367 g/mol. The SMILES string of the molecule is Cc1oc(CNC(=O)c2n[nH]c(C3CC3)c2Br)cc1C(=O)O. The van der Waals surface area contributed by atoms with E-state index in [4.69, 9.17) is 9.52 Å². The van der Waals surface area contributed by atoms with Crippen molar-refractivity contribution in [1.82, 2.24) is 15.5 Å². The van der Waals surface area contributed by atoms with Crippen LogP contribution in [0.25, 0.3) is 0 Å². The van der Waals surface area contributed by atoms with E-state index in [2.05, 4.69) is 31.4 Å². The van der Waals surface area contributed by atoms with E-state index in [1.54, 1.807) is 6.92 Å². The van der Waals surface area contributed by atoms with Gasteiger partial charge in [0.1, 0.15) is 17.1 Å². The van der Waals surface area contributed by atoms with Crippen LogP contribution in [0, 0.1) is 6.92 Å². The molecule has 2 aromatic rings. The standard InChI is InChI=1S/C14H14BrN3O4/c1-6-9(14(20)21)4-8(22-6)5-16-13(19)12-10(15)11(17-18-12)7-2-3-7/h4,7H,2-3,5H2,1H3,(H,16,19)(H,17,18)(H,20,21). The smallest absolute Gasteiger partial charge is 0.339 e. The molecule has 0 unspecified atom stereocenters. The van der Waals surface area contributed by atoms with Gasteiger partial charge in [0.25, 0.3) is 5.91 Å². The molecule has 1 aliphatic carbocycles. The van der Waals surface area contributed by atoms with Gasteiger partial charge in [0, 0.05) is 5.92 Å². The normalized spacial score (nSPS) is 14.1. The molecule has 8 heteroatoms. The summed E-state index contributed by atoms with van der Waals surface area (Å²) in [6, 6.07) is 1.41. The van der Waals surface area contributed by atoms with Crippen LogP contribution in [0.1, 0.15) is 56.8 Å². The van der Waals surface area contributed by atoms with Gasteiger partial charge in [-0.3, -0.25) is 9.89 Å². The number of hydrogen-bond acceptors (Lipinski definition) is 4. The first kappa shape index (κ1) is 14.8. The van der Waals surface area contributed by atoms with Crippen molar-refractivity contribution in [2.24, 2.45) is 0 Å². The summed E-state index contributed by atoms with van der Waals surface area (Å²) in [6.07, 6.45) is 2.21. The van der Waals surface area contributed by atoms with Gasteiger partial charge >= 0.3 is 5.97 Å². The van der Waals surface area contributed by atoms with Gasteiger partial charge in [0.15, 0.2) is 5.69 Å². The number of aromatic nitrogens is 2. The summed E-state index contributed by atoms with van der Waals surface area (Å²) in [5.74, 6) is -0.246. The number of H-pyrrole nitrogens is 1. The fourth-order valence-electron chi connectivity index (χ4n) is 2.23. The van der Waals surface area contributed by atoms with Crippen LogP contribution in [0.3, 0.4) is 0 Å². The minimum absolute atomic E-state index is 0.0984. The van der Waals surface area contributed by atoms with Gasteiger partial charge in [-0.1, -0.05) is 0 Å². The summed E-state index contributed by atoms with van der Waals surface area (Å²) in [5.41, 5.74) is 1.34. The van der Waals surface area contributed by atoms with Gasteiger partial charge in [0.05, 0.1) is 16.7 Å². The zero-order valence-corrected chi connectivity index (χ0v) is 13.4. The summed E-state index contributed by atoms with van der Waals surface area (Å²) >= 11 is 3.40. The lowest BCUT2D eigenvalue weighted by Crippen LogP contribution is -2.23. The Bertz CT molecular complexity index is 745. The van der Waals surface area contributed by atoms with Crippen LogP contribution in [0.15, 0.2) is 15.0 Å². The summed E-state index contributed by atoms with van der Waals surface area (Å²) in [7, 11) is 0. The van der Waals surface area contributed by atoms with Crippen molar-refractivity contribution >= 4 is 27.8 Å². The third-order valence-corrected chi connectivity index (χ3v) is 4.36. The van der Waals surface area contributed by atoms with Gasteiger partial charge < -0.3 is 14.8 Å². The van der Waals surface area contributed by atoms with Crippen LogP contribution >= 0.6 is 15.9 Å². The third-order valence-electron chi connectivity index (χ3n) is 3.56. The van der Waals surface area contributed by atoms with E-state index in [0.29, 0.717) is 27.6 Å². The van der Waals surface area contributed by atoms with E-state index in [1.807, 2.05) is 0 Å². The molecule has 0 aliphatic heterocycles. The maximum Gasteiger partial charge on any atom is 0.339 e. The van der Waals surface area contributed by atoms with Crippen LogP contribution in [0.4, 0.5) is 0 Å². The number of aromatic carboxylic acids is 1. The number of halogens is 1. The molecule has 0 spiro atoms. The first-order chi connectivity index (χ1) is 10.5. The molecule has 2 heterocycles. The van der Waals surface area contributed by atoms with E-state index in [0.717, 1.165) is 18.5 Å². The number of hydrogen-bond donors (Lipinski definition) is 3. The molecule has 116 valence electrons. The molecule has 1 amide bonds. The molecule has 0 aromatic carbocycles. The molecule has 0 bridgehead atoms. The number of rotatable bonds is 5. The van der Waals surface area contributed by atoms with Crippen LogP contribution in [-0.2, 0) is 6.54 Å². The Morgan fingerprint density at radius 3 is 2.86 bits per heavy atom. The molecule has 22 heavy (non-hydrogen) atoms. The number of furan rings is 1. The Hall–Kier alpha value is -2.09. The number of carbonyl (C=O) groups is 2. The average molecular weight is 368 g/mol. The number of nitrogens with one attached hydrogen (secondary N) is 2. The van der Waals surface area contributed by atoms with E-state index in [-0.39, 0.29) is 18.0 Å². The first-order valence-electron chi connectivity index (χ1n) is 6.82. The van der Waals surface area contributed by atoms with Crippen LogP contribution in [0.5, 0.6) is 0 Å². The first-order valence-corrected chi connectivity index (χ1v) is 7.61. The predicted molar refractivity (Wildman–Crippen MR) is 79.8 cm³/mol. The van der Waals surface area contributed by atoms with E-state index < -0.39 is 5.97 Å². The highest BCUT2D eigenvalue weighted by Gasteiger charge is 2.30. The summed E-state index contributed by atoms with van der Waals surface area (Å²) in [6.45, 7) is 1.67. The van der Waals surface area contributed by atoms with Crippen LogP contribution in [0.2, 0.25) is 0 Å². The number of carboxylic acids is 1. The lowest BCUT2D eigenvalue weighted by Gasteiger charge is -2.01. The number of nitrogens with zero attached hydrogens (tertiary/aromatic N) is 1. The molecule has 1 aliphatic rings. The summed E-state index contributed by atoms with van der Waals surface area (Å²) < 4.78 is 6.00. The molecule has 1 fully saturated rings. The largest absolute Gasteiger partial charge is 0.478 e. The number of carboxylic acid groups (broad SMARTS) is 1. The van der Waals surface area contributed by atoms with Crippen molar-refractivity contribution in [1.29, 1.82) is 0 Å². The maximum atomic E-state index is 12.1. The van der Waals surface area contributed by atoms with Gasteiger partial charge in [-0.15, -0.1) is 0 Å². The fraction of sp³-hybridized carbons (Fsp3) is 0.357. The van der Waals surface area contributed by atoms with Crippen molar-refractivity contribution in [2.75, 3.05) is 0 Å². The number of amides is 1. The maximum absolute atomic E-state index is 12.1. The molecular formula is C14H14BrN3O4. The Morgan fingerprint density at radius 1 is 1.55 bits per heavy atom. The van der Waals surface area contributed by atoms with Crippen molar-refractivity contribution in [2.45, 2.75) is 32.2 Å². The summed E-state index contributed by atoms with van der Waals surface area (Å²) in [4.78, 5) is 23.1. The highest BCUT2D eigenvalue weighted by Crippen LogP contribution is 2.42. The molecule has 0 radical (unpaired) electrons. The fourth-order valence-corrected chi connectivity index (χ4v) is 2.91. The highest BCUT2D eigenvalue weighted by molar-refractivity contribution is 9.10.